The molecule has 20 heavy (non-hydrogen) atoms. The summed E-state index contributed by atoms with van der Waals surface area (Å²) in [6, 6.07) is -0.984. The molecule has 1 rings (SSSR count). The molecule has 1 fully saturated rings. The highest BCUT2D eigenvalue weighted by Gasteiger charge is 2.58. The molecule has 1 aliphatic rings. The van der Waals surface area contributed by atoms with Gasteiger partial charge in [-0.05, 0) is 25.7 Å². The molecule has 1 heterocycles. The standard InChI is InChI=1S/C12H19F3N2O3/c1-3-8-4-6-17(7-5-8)10(20)16-11(2,9(18)19)12(13,14)15/h8H,3-7H2,1-2H3,(H,16,20)(H,18,19). The summed E-state index contributed by atoms with van der Waals surface area (Å²) in [5.41, 5.74) is -3.27. The molecule has 0 aliphatic carbocycles. The minimum Gasteiger partial charge on any atom is -0.479 e. The molecule has 0 aromatic heterocycles. The Kier molecular flexibility index (Phi) is 4.88. The summed E-state index contributed by atoms with van der Waals surface area (Å²) in [4.78, 5) is 23.9. The van der Waals surface area contributed by atoms with E-state index < -0.39 is 23.7 Å². The number of carboxylic acids is 1. The number of carbonyl (C=O) groups excluding carboxylic acids is 1. The minimum atomic E-state index is -5.06. The third kappa shape index (κ3) is 3.34. The molecule has 2 amide bonds. The highest BCUT2D eigenvalue weighted by molar-refractivity contribution is 5.86. The third-order valence-electron chi connectivity index (χ3n) is 3.83. The van der Waals surface area contributed by atoms with E-state index >= 15 is 0 Å². The fourth-order valence-corrected chi connectivity index (χ4v) is 2.08. The van der Waals surface area contributed by atoms with Crippen molar-refractivity contribution in [3.8, 4) is 0 Å². The van der Waals surface area contributed by atoms with Gasteiger partial charge >= 0.3 is 18.2 Å². The molecule has 116 valence electrons. The smallest absolute Gasteiger partial charge is 0.422 e. The SMILES string of the molecule is CCC1CCN(C(=O)NC(C)(C(=O)O)C(F)(F)F)CC1. The molecule has 5 nitrogen and oxygen atoms in total. The Balaban J connectivity index is 2.71. The maximum Gasteiger partial charge on any atom is 0.422 e. The van der Waals surface area contributed by atoms with Gasteiger partial charge in [0.25, 0.3) is 0 Å². The second-order valence-corrected chi connectivity index (χ2v) is 5.20. The number of urea groups is 1. The van der Waals surface area contributed by atoms with Gasteiger partial charge in [0.05, 0.1) is 0 Å². The van der Waals surface area contributed by atoms with Crippen molar-refractivity contribution in [1.29, 1.82) is 0 Å². The van der Waals surface area contributed by atoms with Crippen LogP contribution in [0.5, 0.6) is 0 Å². The molecule has 1 aliphatic heterocycles. The van der Waals surface area contributed by atoms with Crippen molar-refractivity contribution in [2.45, 2.75) is 44.8 Å². The zero-order chi connectivity index (χ0) is 15.6. The van der Waals surface area contributed by atoms with E-state index in [4.69, 9.17) is 5.11 Å². The van der Waals surface area contributed by atoms with E-state index in [2.05, 4.69) is 0 Å². The van der Waals surface area contributed by atoms with Gasteiger partial charge in [0.15, 0.2) is 0 Å². The monoisotopic (exact) mass is 296 g/mol. The van der Waals surface area contributed by atoms with Crippen molar-refractivity contribution < 1.29 is 27.9 Å². The van der Waals surface area contributed by atoms with E-state index in [1.807, 2.05) is 6.92 Å². The van der Waals surface area contributed by atoms with Crippen molar-refractivity contribution in [2.24, 2.45) is 5.92 Å². The highest BCUT2D eigenvalue weighted by atomic mass is 19.4. The Bertz CT molecular complexity index is 379. The number of likely N-dealkylation sites (tertiary alicyclic amines) is 1. The Labute approximate surface area is 115 Å². The molecule has 1 unspecified atom stereocenters. The van der Waals surface area contributed by atoms with Crippen LogP contribution in [0.1, 0.15) is 33.1 Å². The first kappa shape index (κ1) is 16.6. The average Bonchev–Trinajstić information content (AvgIpc) is 2.37. The van der Waals surface area contributed by atoms with Gasteiger partial charge in [-0.25, -0.2) is 9.59 Å². The van der Waals surface area contributed by atoms with E-state index in [9.17, 15) is 22.8 Å². The Hall–Kier alpha value is -1.47. The summed E-state index contributed by atoms with van der Waals surface area (Å²) in [5.74, 6) is -1.66. The van der Waals surface area contributed by atoms with Crippen molar-refractivity contribution in [1.82, 2.24) is 10.2 Å². The van der Waals surface area contributed by atoms with Gasteiger partial charge in [-0.3, -0.25) is 0 Å². The van der Waals surface area contributed by atoms with E-state index in [1.54, 1.807) is 5.32 Å². The Morgan fingerprint density at radius 2 is 1.80 bits per heavy atom. The van der Waals surface area contributed by atoms with Gasteiger partial charge in [0.2, 0.25) is 5.54 Å². The molecule has 2 N–H and O–H groups in total. The van der Waals surface area contributed by atoms with Crippen LogP contribution in [-0.4, -0.2) is 46.8 Å². The number of carboxylic acid groups (broad SMARTS) is 1. The number of nitrogens with zero attached hydrogens (tertiary/aromatic N) is 1. The van der Waals surface area contributed by atoms with E-state index in [0.717, 1.165) is 19.3 Å². The normalized spacial score (nSPS) is 20.4. The van der Waals surface area contributed by atoms with Crippen molar-refractivity contribution in [3.05, 3.63) is 0 Å². The lowest BCUT2D eigenvalue weighted by Crippen LogP contribution is -2.64. The molecule has 1 saturated heterocycles. The number of piperidine rings is 1. The first-order valence-corrected chi connectivity index (χ1v) is 6.49. The van der Waals surface area contributed by atoms with Crippen molar-refractivity contribution in [3.63, 3.8) is 0 Å². The summed E-state index contributed by atoms with van der Waals surface area (Å²) >= 11 is 0. The van der Waals surface area contributed by atoms with Gasteiger partial charge < -0.3 is 15.3 Å². The third-order valence-corrected chi connectivity index (χ3v) is 3.83. The molecule has 0 bridgehead atoms. The van der Waals surface area contributed by atoms with Crippen molar-refractivity contribution >= 4 is 12.0 Å². The van der Waals surface area contributed by atoms with Crippen LogP contribution in [0.25, 0.3) is 0 Å². The summed E-state index contributed by atoms with van der Waals surface area (Å²) in [6.45, 7) is 3.16. The number of aliphatic carboxylic acids is 1. The number of carbonyl (C=O) groups is 2. The lowest BCUT2D eigenvalue weighted by Gasteiger charge is -2.35. The first-order valence-electron chi connectivity index (χ1n) is 6.49. The van der Waals surface area contributed by atoms with E-state index in [-0.39, 0.29) is 0 Å². The van der Waals surface area contributed by atoms with Crippen LogP contribution >= 0.6 is 0 Å². The maximum absolute atomic E-state index is 12.8. The zero-order valence-corrected chi connectivity index (χ0v) is 11.5. The summed E-state index contributed by atoms with van der Waals surface area (Å²) in [6.07, 6.45) is -2.65. The molecule has 0 saturated carbocycles. The number of rotatable bonds is 3. The number of nitrogens with one attached hydrogen (secondary N) is 1. The Morgan fingerprint density at radius 1 is 1.30 bits per heavy atom. The van der Waals surface area contributed by atoms with Crippen LogP contribution in [-0.2, 0) is 4.79 Å². The molecule has 0 aromatic rings. The summed E-state index contributed by atoms with van der Waals surface area (Å²) in [5, 5.41) is 10.3. The maximum atomic E-state index is 12.8. The topological polar surface area (TPSA) is 69.6 Å². The lowest BCUT2D eigenvalue weighted by atomic mass is 9.94. The van der Waals surface area contributed by atoms with Crippen LogP contribution in [0.4, 0.5) is 18.0 Å². The average molecular weight is 296 g/mol. The second-order valence-electron chi connectivity index (χ2n) is 5.20. The first-order chi connectivity index (χ1) is 9.11. The summed E-state index contributed by atoms with van der Waals surface area (Å²) < 4.78 is 38.4. The molecule has 0 spiro atoms. The molecule has 1 atom stereocenters. The van der Waals surface area contributed by atoms with Gasteiger partial charge in [0.1, 0.15) is 0 Å². The number of alkyl halides is 3. The molecular weight excluding hydrogens is 277 g/mol. The molecular formula is C12H19F3N2O3. The highest BCUT2D eigenvalue weighted by Crippen LogP contribution is 2.31. The van der Waals surface area contributed by atoms with Gasteiger partial charge in [-0.1, -0.05) is 13.3 Å². The predicted octanol–water partition coefficient (Wildman–Crippen LogP) is 2.22. The second kappa shape index (κ2) is 5.88. The minimum absolute atomic E-state index is 0.345. The fourth-order valence-electron chi connectivity index (χ4n) is 2.08. The lowest BCUT2D eigenvalue weighted by molar-refractivity contribution is -0.203. The molecule has 0 radical (unpaired) electrons. The van der Waals surface area contributed by atoms with Crippen molar-refractivity contribution in [2.75, 3.05) is 13.1 Å². The number of amides is 2. The van der Waals surface area contributed by atoms with Crippen LogP contribution in [0.2, 0.25) is 0 Å². The van der Waals surface area contributed by atoms with Gasteiger partial charge in [-0.2, -0.15) is 13.2 Å². The van der Waals surface area contributed by atoms with Gasteiger partial charge in [0, 0.05) is 13.1 Å². The van der Waals surface area contributed by atoms with Crippen LogP contribution in [0.3, 0.4) is 0 Å². The van der Waals surface area contributed by atoms with Crippen LogP contribution < -0.4 is 5.32 Å². The van der Waals surface area contributed by atoms with Crippen LogP contribution in [0, 0.1) is 5.92 Å². The summed E-state index contributed by atoms with van der Waals surface area (Å²) in [7, 11) is 0. The van der Waals surface area contributed by atoms with E-state index in [1.165, 1.54) is 4.90 Å². The number of hydrogen-bond acceptors (Lipinski definition) is 2. The predicted molar refractivity (Wildman–Crippen MR) is 65.2 cm³/mol. The van der Waals surface area contributed by atoms with Gasteiger partial charge in [-0.15, -0.1) is 0 Å². The fraction of sp³-hybridized carbons (Fsp3) is 0.833. The van der Waals surface area contributed by atoms with E-state index in [0.29, 0.717) is 25.9 Å². The quantitative estimate of drug-likeness (QED) is 0.839. The van der Waals surface area contributed by atoms with Crippen LogP contribution in [0.15, 0.2) is 0 Å². The number of halogens is 3. The molecule has 8 heteroatoms. The largest absolute Gasteiger partial charge is 0.479 e. The Morgan fingerprint density at radius 3 is 2.15 bits per heavy atom. The zero-order valence-electron chi connectivity index (χ0n) is 11.5. The number of hydrogen-bond donors (Lipinski definition) is 2. The molecule has 0 aromatic carbocycles.